The minimum absolute atomic E-state index is 0.0436. The van der Waals surface area contributed by atoms with Crippen molar-refractivity contribution < 1.29 is 9.00 Å². The summed E-state index contributed by atoms with van der Waals surface area (Å²) in [6.07, 6.45) is 4.69. The number of amides is 1. The smallest absolute Gasteiger partial charge is 0.254 e. The Balaban J connectivity index is 1.71. The van der Waals surface area contributed by atoms with Crippen LogP contribution in [0.15, 0.2) is 60.7 Å². The Kier molecular flexibility index (Phi) is 5.26. The average molecular weight is 339 g/mol. The normalized spacial score (nSPS) is 15.7. The van der Waals surface area contributed by atoms with Gasteiger partial charge in [-0.3, -0.25) is 9.00 Å². The third kappa shape index (κ3) is 4.01. The molecule has 4 heteroatoms. The van der Waals surface area contributed by atoms with Crippen LogP contribution in [0.5, 0.6) is 0 Å². The van der Waals surface area contributed by atoms with E-state index in [-0.39, 0.29) is 5.91 Å². The van der Waals surface area contributed by atoms with Gasteiger partial charge in [0.05, 0.1) is 0 Å². The fraction of sp³-hybridized carbons (Fsp3) is 0.250. The lowest BCUT2D eigenvalue weighted by Crippen LogP contribution is -2.34. The molecule has 1 atom stereocenters. The average Bonchev–Trinajstić information content (AvgIpc) is 2.62. The largest absolute Gasteiger partial charge is 0.335 e. The molecule has 1 unspecified atom stereocenters. The first-order valence-corrected chi connectivity index (χ1v) is 9.79. The second kappa shape index (κ2) is 7.58. The minimum Gasteiger partial charge on any atom is -0.335 e. The maximum atomic E-state index is 12.7. The number of rotatable bonds is 4. The molecule has 0 fully saturated rings. The highest BCUT2D eigenvalue weighted by atomic mass is 32.2. The number of hydrogen-bond donors (Lipinski definition) is 0. The van der Waals surface area contributed by atoms with Crippen LogP contribution in [-0.2, 0) is 16.6 Å². The van der Waals surface area contributed by atoms with E-state index in [1.54, 1.807) is 6.26 Å². The molecule has 0 saturated heterocycles. The lowest BCUT2D eigenvalue weighted by Gasteiger charge is -2.27. The van der Waals surface area contributed by atoms with Crippen LogP contribution in [0.3, 0.4) is 0 Å². The molecule has 2 aromatic carbocycles. The van der Waals surface area contributed by atoms with Gasteiger partial charge in [0, 0.05) is 41.5 Å². The van der Waals surface area contributed by atoms with Gasteiger partial charge in [-0.05, 0) is 35.3 Å². The molecule has 0 saturated carbocycles. The molecular formula is C20H21NO2S. The monoisotopic (exact) mass is 339 g/mol. The molecule has 2 aromatic rings. The molecule has 1 aliphatic rings. The van der Waals surface area contributed by atoms with E-state index < -0.39 is 10.8 Å². The molecule has 3 nitrogen and oxygen atoms in total. The third-order valence-electron chi connectivity index (χ3n) is 4.18. The summed E-state index contributed by atoms with van der Waals surface area (Å²) in [7, 11) is -0.903. The molecule has 0 bridgehead atoms. The summed E-state index contributed by atoms with van der Waals surface area (Å²) in [4.78, 5) is 14.6. The predicted molar refractivity (Wildman–Crippen MR) is 99.2 cm³/mol. The Bertz CT molecular complexity index is 783. The van der Waals surface area contributed by atoms with Gasteiger partial charge in [0.25, 0.3) is 5.91 Å². The van der Waals surface area contributed by atoms with Crippen LogP contribution in [-0.4, -0.2) is 34.4 Å². The number of hydrogen-bond acceptors (Lipinski definition) is 2. The molecule has 0 aliphatic carbocycles. The molecule has 124 valence electrons. The van der Waals surface area contributed by atoms with Crippen LogP contribution in [0.2, 0.25) is 0 Å². The van der Waals surface area contributed by atoms with E-state index in [0.717, 1.165) is 18.5 Å². The van der Waals surface area contributed by atoms with E-state index in [2.05, 4.69) is 18.2 Å². The van der Waals surface area contributed by atoms with Gasteiger partial charge in [-0.25, -0.2) is 0 Å². The van der Waals surface area contributed by atoms with E-state index in [4.69, 9.17) is 0 Å². The number of nitrogens with zero attached hydrogens (tertiary/aromatic N) is 1. The predicted octanol–water partition coefficient (Wildman–Crippen LogP) is 3.49. The molecule has 1 heterocycles. The third-order valence-corrected chi connectivity index (χ3v) is 4.92. The van der Waals surface area contributed by atoms with Crippen molar-refractivity contribution in [2.45, 2.75) is 12.2 Å². The fourth-order valence-electron chi connectivity index (χ4n) is 2.98. The minimum atomic E-state index is -0.903. The first-order chi connectivity index (χ1) is 11.6. The second-order valence-corrected chi connectivity index (χ2v) is 7.45. The number of carbonyl (C=O) groups excluding carboxylic acids is 1. The SMILES string of the molecule is CS(=O)Cc1cccc(C(=O)N2CC=C(c3ccccc3)CC2)c1. The molecule has 1 amide bonds. The van der Waals surface area contributed by atoms with Gasteiger partial charge in [-0.15, -0.1) is 0 Å². The van der Waals surface area contributed by atoms with Crippen LogP contribution < -0.4 is 0 Å². The van der Waals surface area contributed by atoms with Gasteiger partial charge in [-0.2, -0.15) is 0 Å². The number of carbonyl (C=O) groups is 1. The summed E-state index contributed by atoms with van der Waals surface area (Å²) in [6, 6.07) is 17.8. The molecular weight excluding hydrogens is 318 g/mol. The maximum Gasteiger partial charge on any atom is 0.254 e. The van der Waals surface area contributed by atoms with E-state index in [0.29, 0.717) is 17.9 Å². The van der Waals surface area contributed by atoms with E-state index in [1.807, 2.05) is 47.4 Å². The Morgan fingerprint density at radius 1 is 1.12 bits per heavy atom. The molecule has 0 spiro atoms. The van der Waals surface area contributed by atoms with Gasteiger partial charge in [0.1, 0.15) is 0 Å². The van der Waals surface area contributed by atoms with Crippen molar-refractivity contribution >= 4 is 22.3 Å². The van der Waals surface area contributed by atoms with Gasteiger partial charge >= 0.3 is 0 Å². The summed E-state index contributed by atoms with van der Waals surface area (Å²) < 4.78 is 11.4. The van der Waals surface area contributed by atoms with Gasteiger partial charge in [0.15, 0.2) is 0 Å². The Morgan fingerprint density at radius 3 is 2.58 bits per heavy atom. The highest BCUT2D eigenvalue weighted by Gasteiger charge is 2.19. The molecule has 24 heavy (non-hydrogen) atoms. The molecule has 0 N–H and O–H groups in total. The summed E-state index contributed by atoms with van der Waals surface area (Å²) in [6.45, 7) is 1.36. The topological polar surface area (TPSA) is 37.4 Å². The standard InChI is InChI=1S/C20H21NO2S/c1-24(23)15-16-6-5-9-19(14-16)20(22)21-12-10-18(11-13-21)17-7-3-2-4-8-17/h2-10,14H,11-13,15H2,1H3. The van der Waals surface area contributed by atoms with Crippen LogP contribution >= 0.6 is 0 Å². The van der Waals surface area contributed by atoms with Crippen molar-refractivity contribution in [1.82, 2.24) is 4.90 Å². The summed E-state index contributed by atoms with van der Waals surface area (Å²) in [5.74, 6) is 0.529. The van der Waals surface area contributed by atoms with Gasteiger partial charge in [-0.1, -0.05) is 48.5 Å². The lowest BCUT2D eigenvalue weighted by atomic mass is 9.99. The molecule has 0 aromatic heterocycles. The van der Waals surface area contributed by atoms with Crippen molar-refractivity contribution in [2.24, 2.45) is 0 Å². The quantitative estimate of drug-likeness (QED) is 0.855. The Hall–Kier alpha value is -2.20. The van der Waals surface area contributed by atoms with Crippen LogP contribution in [0.1, 0.15) is 27.9 Å². The zero-order valence-electron chi connectivity index (χ0n) is 13.8. The fourth-order valence-corrected chi connectivity index (χ4v) is 3.63. The van der Waals surface area contributed by atoms with Crippen molar-refractivity contribution in [3.63, 3.8) is 0 Å². The summed E-state index contributed by atoms with van der Waals surface area (Å²) in [5.41, 5.74) is 4.15. The Morgan fingerprint density at radius 2 is 1.92 bits per heavy atom. The molecule has 0 radical (unpaired) electrons. The summed E-state index contributed by atoms with van der Waals surface area (Å²) >= 11 is 0. The zero-order chi connectivity index (χ0) is 16.9. The zero-order valence-corrected chi connectivity index (χ0v) is 14.6. The first kappa shape index (κ1) is 16.7. The van der Waals surface area contributed by atoms with Crippen molar-refractivity contribution in [1.29, 1.82) is 0 Å². The molecule has 1 aliphatic heterocycles. The van der Waals surface area contributed by atoms with Crippen molar-refractivity contribution in [3.05, 3.63) is 77.4 Å². The van der Waals surface area contributed by atoms with Crippen molar-refractivity contribution in [3.8, 4) is 0 Å². The van der Waals surface area contributed by atoms with E-state index in [9.17, 15) is 9.00 Å². The first-order valence-electron chi connectivity index (χ1n) is 8.06. The van der Waals surface area contributed by atoms with Crippen LogP contribution in [0.4, 0.5) is 0 Å². The lowest BCUT2D eigenvalue weighted by molar-refractivity contribution is 0.0773. The van der Waals surface area contributed by atoms with Crippen molar-refractivity contribution in [2.75, 3.05) is 19.3 Å². The maximum absolute atomic E-state index is 12.7. The van der Waals surface area contributed by atoms with E-state index >= 15 is 0 Å². The second-order valence-electron chi connectivity index (χ2n) is 6.01. The number of benzene rings is 2. The Labute approximate surface area is 145 Å². The van der Waals surface area contributed by atoms with Crippen LogP contribution in [0.25, 0.3) is 5.57 Å². The van der Waals surface area contributed by atoms with Gasteiger partial charge in [0.2, 0.25) is 0 Å². The summed E-state index contributed by atoms with van der Waals surface area (Å²) in [5, 5.41) is 0. The van der Waals surface area contributed by atoms with Gasteiger partial charge < -0.3 is 4.90 Å². The highest BCUT2D eigenvalue weighted by molar-refractivity contribution is 7.83. The van der Waals surface area contributed by atoms with E-state index in [1.165, 1.54) is 11.1 Å². The van der Waals surface area contributed by atoms with Crippen LogP contribution in [0, 0.1) is 0 Å². The highest BCUT2D eigenvalue weighted by Crippen LogP contribution is 2.23. The molecule has 3 rings (SSSR count).